The fourth-order valence-corrected chi connectivity index (χ4v) is 3.37. The number of carbonyl (C=O) groups is 2. The van der Waals surface area contributed by atoms with Crippen LogP contribution in [0.25, 0.3) is 11.1 Å². The van der Waals surface area contributed by atoms with Crippen molar-refractivity contribution in [2.75, 3.05) is 26.0 Å². The maximum absolute atomic E-state index is 13.3. The van der Waals surface area contributed by atoms with Gasteiger partial charge in [0.05, 0.1) is 11.1 Å². The molecule has 33 heavy (non-hydrogen) atoms. The topological polar surface area (TPSA) is 133 Å². The van der Waals surface area contributed by atoms with Crippen LogP contribution in [0.2, 0.25) is 0 Å². The molecule has 0 bridgehead atoms. The Morgan fingerprint density at radius 2 is 1.70 bits per heavy atom. The number of fused-ring (bicyclic) bond motifs is 1. The van der Waals surface area contributed by atoms with Gasteiger partial charge in [0.2, 0.25) is 6.79 Å². The molecule has 0 aromatic heterocycles. The van der Waals surface area contributed by atoms with Gasteiger partial charge in [0.1, 0.15) is 5.84 Å². The van der Waals surface area contributed by atoms with Crippen molar-refractivity contribution in [1.82, 2.24) is 0 Å². The van der Waals surface area contributed by atoms with E-state index in [0.717, 1.165) is 0 Å². The molecule has 0 spiro atoms. The van der Waals surface area contributed by atoms with Gasteiger partial charge < -0.3 is 30.0 Å². The summed E-state index contributed by atoms with van der Waals surface area (Å²) in [5, 5.41) is 10.3. The third-order valence-corrected chi connectivity index (χ3v) is 4.96. The van der Waals surface area contributed by atoms with Crippen molar-refractivity contribution in [2.45, 2.75) is 0 Å². The number of benzene rings is 3. The van der Waals surface area contributed by atoms with Gasteiger partial charge in [-0.1, -0.05) is 18.2 Å². The number of rotatable bonds is 7. The van der Waals surface area contributed by atoms with Crippen LogP contribution in [0.3, 0.4) is 0 Å². The van der Waals surface area contributed by atoms with E-state index in [1.807, 2.05) is 0 Å². The van der Waals surface area contributed by atoms with Crippen LogP contribution < -0.4 is 20.5 Å². The summed E-state index contributed by atoms with van der Waals surface area (Å²) in [6, 6.07) is 16.6. The van der Waals surface area contributed by atoms with Crippen LogP contribution in [-0.4, -0.2) is 38.4 Å². The van der Waals surface area contributed by atoms with Gasteiger partial charge >= 0.3 is 5.97 Å². The zero-order valence-electron chi connectivity index (χ0n) is 17.7. The van der Waals surface area contributed by atoms with Crippen LogP contribution in [0, 0.1) is 5.41 Å². The summed E-state index contributed by atoms with van der Waals surface area (Å²) < 4.78 is 20.9. The number of hydrogen-bond acceptors (Lipinski definition) is 7. The lowest BCUT2D eigenvalue weighted by molar-refractivity contribution is -0.0124. The lowest BCUT2D eigenvalue weighted by Crippen LogP contribution is -2.15. The van der Waals surface area contributed by atoms with Gasteiger partial charge in [-0.15, -0.1) is 0 Å². The molecule has 0 radical (unpaired) electrons. The number of esters is 1. The molecule has 3 aromatic rings. The van der Waals surface area contributed by atoms with Crippen molar-refractivity contribution in [2.24, 2.45) is 5.73 Å². The summed E-state index contributed by atoms with van der Waals surface area (Å²) in [4.78, 5) is 25.9. The number of ether oxygens (including phenoxy) is 4. The fraction of sp³-hybridized carbons (Fsp3) is 0.125. The second-order valence-corrected chi connectivity index (χ2v) is 7.08. The van der Waals surface area contributed by atoms with Gasteiger partial charge in [0.15, 0.2) is 18.3 Å². The van der Waals surface area contributed by atoms with E-state index in [1.165, 1.54) is 7.11 Å². The third kappa shape index (κ3) is 4.63. The van der Waals surface area contributed by atoms with Gasteiger partial charge in [-0.3, -0.25) is 10.2 Å². The minimum Gasteiger partial charge on any atom is -0.454 e. The van der Waals surface area contributed by atoms with Crippen LogP contribution in [0.15, 0.2) is 60.7 Å². The highest BCUT2D eigenvalue weighted by molar-refractivity contribution is 6.11. The van der Waals surface area contributed by atoms with Crippen molar-refractivity contribution >= 4 is 23.4 Å². The number of hydrogen-bond donors (Lipinski definition) is 3. The minimum atomic E-state index is -0.587. The van der Waals surface area contributed by atoms with E-state index >= 15 is 0 Å². The van der Waals surface area contributed by atoms with Crippen LogP contribution >= 0.6 is 0 Å². The molecule has 4 rings (SSSR count). The predicted octanol–water partition coefficient (Wildman–Crippen LogP) is 3.38. The van der Waals surface area contributed by atoms with Gasteiger partial charge in [-0.2, -0.15) is 0 Å². The number of nitrogens with two attached hydrogens (primary N) is 1. The maximum atomic E-state index is 13.3. The molecule has 0 saturated heterocycles. The SMILES string of the molecule is COCOC(=O)c1ccccc1-c1cc2c(cc1C(=O)Nc1ccc(C(=N)N)cc1)OCO2. The number of methoxy groups -OCH3 is 1. The molecule has 0 atom stereocenters. The highest BCUT2D eigenvalue weighted by atomic mass is 16.7. The number of amides is 1. The Labute approximate surface area is 189 Å². The first-order chi connectivity index (χ1) is 16.0. The number of amidine groups is 1. The van der Waals surface area contributed by atoms with Crippen molar-refractivity contribution in [3.63, 3.8) is 0 Å². The van der Waals surface area contributed by atoms with Crippen molar-refractivity contribution < 1.29 is 28.5 Å². The number of nitrogen functional groups attached to an aromatic ring is 1. The monoisotopic (exact) mass is 447 g/mol. The lowest BCUT2D eigenvalue weighted by Gasteiger charge is -2.15. The Morgan fingerprint density at radius 3 is 2.39 bits per heavy atom. The summed E-state index contributed by atoms with van der Waals surface area (Å²) in [7, 11) is 1.42. The molecular formula is C24H21N3O6. The molecule has 0 saturated carbocycles. The van der Waals surface area contributed by atoms with Crippen molar-refractivity contribution in [1.29, 1.82) is 5.41 Å². The molecule has 1 aliphatic heterocycles. The zero-order valence-corrected chi connectivity index (χ0v) is 17.7. The van der Waals surface area contributed by atoms with E-state index in [9.17, 15) is 9.59 Å². The normalized spacial score (nSPS) is 11.7. The minimum absolute atomic E-state index is 0.0316. The van der Waals surface area contributed by atoms with E-state index in [0.29, 0.717) is 33.9 Å². The zero-order chi connectivity index (χ0) is 23.4. The first-order valence-corrected chi connectivity index (χ1v) is 9.93. The van der Waals surface area contributed by atoms with Crippen molar-refractivity contribution in [3.05, 3.63) is 77.4 Å². The van der Waals surface area contributed by atoms with Gasteiger partial charge in [0, 0.05) is 18.4 Å². The molecule has 9 heteroatoms. The highest BCUT2D eigenvalue weighted by Crippen LogP contribution is 2.40. The molecule has 168 valence electrons. The standard InChI is InChI=1S/C24H21N3O6/c1-30-12-33-24(29)17-5-3-2-4-16(17)18-10-20-21(32-13-31-20)11-19(18)23(28)27-15-8-6-14(7-9-15)22(25)26/h2-11H,12-13H2,1H3,(H3,25,26)(H,27,28). The second kappa shape index (κ2) is 9.41. The third-order valence-electron chi connectivity index (χ3n) is 4.96. The molecule has 3 aromatic carbocycles. The Balaban J connectivity index is 1.74. The van der Waals surface area contributed by atoms with Crippen LogP contribution in [-0.2, 0) is 9.47 Å². The predicted molar refractivity (Wildman–Crippen MR) is 121 cm³/mol. The number of anilines is 1. The molecule has 0 aliphatic carbocycles. The largest absolute Gasteiger partial charge is 0.454 e. The average Bonchev–Trinajstić information content (AvgIpc) is 3.29. The van der Waals surface area contributed by atoms with E-state index in [2.05, 4.69) is 5.32 Å². The molecule has 1 heterocycles. The summed E-state index contributed by atoms with van der Waals surface area (Å²) >= 11 is 0. The van der Waals surface area contributed by atoms with E-state index in [-0.39, 0.29) is 30.5 Å². The van der Waals surface area contributed by atoms with Crippen LogP contribution in [0.5, 0.6) is 11.5 Å². The first kappa shape index (κ1) is 21.8. The number of nitrogens with one attached hydrogen (secondary N) is 2. The van der Waals surface area contributed by atoms with Crippen LogP contribution in [0.4, 0.5) is 5.69 Å². The molecule has 0 fully saturated rings. The molecule has 1 aliphatic rings. The van der Waals surface area contributed by atoms with Crippen LogP contribution in [0.1, 0.15) is 26.3 Å². The maximum Gasteiger partial charge on any atom is 0.340 e. The van der Waals surface area contributed by atoms with E-state index in [4.69, 9.17) is 30.1 Å². The average molecular weight is 447 g/mol. The highest BCUT2D eigenvalue weighted by Gasteiger charge is 2.25. The van der Waals surface area contributed by atoms with Crippen molar-refractivity contribution in [3.8, 4) is 22.6 Å². The Kier molecular flexibility index (Phi) is 6.23. The quantitative estimate of drug-likeness (QED) is 0.219. The molecule has 4 N–H and O–H groups in total. The second-order valence-electron chi connectivity index (χ2n) is 7.08. The summed E-state index contributed by atoms with van der Waals surface area (Å²) in [5.41, 5.74) is 8.06. The van der Waals surface area contributed by atoms with E-state index in [1.54, 1.807) is 60.7 Å². The summed E-state index contributed by atoms with van der Waals surface area (Å²) in [5.74, 6) is -0.180. The molecule has 1 amide bonds. The van der Waals surface area contributed by atoms with Gasteiger partial charge in [-0.05, 0) is 53.6 Å². The fourth-order valence-electron chi connectivity index (χ4n) is 3.37. The Hall–Kier alpha value is -4.37. The summed E-state index contributed by atoms with van der Waals surface area (Å²) in [6.07, 6.45) is 0. The lowest BCUT2D eigenvalue weighted by atomic mass is 9.94. The Bertz CT molecular complexity index is 1220. The van der Waals surface area contributed by atoms with E-state index < -0.39 is 11.9 Å². The summed E-state index contributed by atoms with van der Waals surface area (Å²) in [6.45, 7) is -0.165. The number of carbonyl (C=O) groups excluding carboxylic acids is 2. The first-order valence-electron chi connectivity index (χ1n) is 9.93. The smallest absolute Gasteiger partial charge is 0.340 e. The molecule has 0 unspecified atom stereocenters. The molecule has 9 nitrogen and oxygen atoms in total. The Morgan fingerprint density at radius 1 is 1.00 bits per heavy atom. The van der Waals surface area contributed by atoms with Gasteiger partial charge in [0.25, 0.3) is 5.91 Å². The van der Waals surface area contributed by atoms with Gasteiger partial charge in [-0.25, -0.2) is 4.79 Å². The molecular weight excluding hydrogens is 426 g/mol.